The average Bonchev–Trinajstić information content (AvgIpc) is 2.43. The van der Waals surface area contributed by atoms with E-state index in [9.17, 15) is 10.1 Å². The largest absolute Gasteiger partial charge is 0.466 e. The molecule has 0 heterocycles. The first-order valence-corrected chi connectivity index (χ1v) is 6.27. The Hall–Kier alpha value is -2.33. The van der Waals surface area contributed by atoms with Crippen molar-refractivity contribution in [1.29, 1.82) is 0 Å². The number of ether oxygens (including phenoxy) is 1. The molecule has 5 heteroatoms. The van der Waals surface area contributed by atoms with Crippen LogP contribution < -0.4 is 4.74 Å². The molecule has 4 nitrogen and oxygen atoms in total. The Morgan fingerprint density at radius 3 is 2.55 bits per heavy atom. The molecule has 0 bridgehead atoms. The minimum Gasteiger partial charge on any atom is -0.466 e. The fourth-order valence-electron chi connectivity index (χ4n) is 1.81. The molecule has 0 fully saturated rings. The van der Waals surface area contributed by atoms with E-state index in [0.717, 1.165) is 11.1 Å². The van der Waals surface area contributed by atoms with Crippen LogP contribution in [0, 0.1) is 10.1 Å². The van der Waals surface area contributed by atoms with Crippen molar-refractivity contribution in [3.63, 3.8) is 0 Å². The SMILES string of the molecule is C=COc1ccc(Cc2cc([N+](=O)[O-])ccc2Cl)cc1. The van der Waals surface area contributed by atoms with Gasteiger partial charge >= 0.3 is 0 Å². The van der Waals surface area contributed by atoms with Crippen LogP contribution in [0.4, 0.5) is 5.69 Å². The molecule has 2 aromatic carbocycles. The van der Waals surface area contributed by atoms with Crippen LogP contribution in [0.5, 0.6) is 5.75 Å². The molecule has 2 aromatic rings. The molecule has 0 aliphatic rings. The van der Waals surface area contributed by atoms with Crippen LogP contribution in [0.15, 0.2) is 55.3 Å². The molecule has 2 rings (SSSR count). The summed E-state index contributed by atoms with van der Waals surface area (Å²) in [7, 11) is 0. The summed E-state index contributed by atoms with van der Waals surface area (Å²) >= 11 is 6.07. The fraction of sp³-hybridized carbons (Fsp3) is 0.0667. The van der Waals surface area contributed by atoms with Gasteiger partial charge in [0, 0.05) is 17.2 Å². The zero-order valence-electron chi connectivity index (χ0n) is 10.6. The number of benzene rings is 2. The standard InChI is InChI=1S/C15H12ClNO3/c1-2-20-14-6-3-11(4-7-14)9-12-10-13(17(18)19)5-8-15(12)16/h2-8,10H,1,9H2. The van der Waals surface area contributed by atoms with Crippen LogP contribution in [0.2, 0.25) is 5.02 Å². The predicted octanol–water partition coefficient (Wildman–Crippen LogP) is 4.36. The minimum atomic E-state index is -0.430. The third-order valence-corrected chi connectivity index (χ3v) is 3.15. The van der Waals surface area contributed by atoms with Crippen LogP contribution in [0.1, 0.15) is 11.1 Å². The summed E-state index contributed by atoms with van der Waals surface area (Å²) in [6, 6.07) is 11.8. The fourth-order valence-corrected chi connectivity index (χ4v) is 2.00. The second-order valence-electron chi connectivity index (χ2n) is 4.14. The third-order valence-electron chi connectivity index (χ3n) is 2.78. The quantitative estimate of drug-likeness (QED) is 0.467. The number of halogens is 1. The van der Waals surface area contributed by atoms with Gasteiger partial charge in [0.05, 0.1) is 11.2 Å². The second-order valence-corrected chi connectivity index (χ2v) is 4.55. The number of hydrogen-bond acceptors (Lipinski definition) is 3. The maximum Gasteiger partial charge on any atom is 0.269 e. The highest BCUT2D eigenvalue weighted by Gasteiger charge is 2.10. The Bertz CT molecular complexity index is 638. The maximum atomic E-state index is 10.8. The molecule has 20 heavy (non-hydrogen) atoms. The van der Waals surface area contributed by atoms with Gasteiger partial charge in [-0.1, -0.05) is 30.3 Å². The van der Waals surface area contributed by atoms with Crippen LogP contribution in [0.3, 0.4) is 0 Å². The molecule has 0 unspecified atom stereocenters. The van der Waals surface area contributed by atoms with Crippen molar-refractivity contribution in [2.24, 2.45) is 0 Å². The number of nitro benzene ring substituents is 1. The van der Waals surface area contributed by atoms with Crippen molar-refractivity contribution in [3.8, 4) is 5.75 Å². The van der Waals surface area contributed by atoms with Crippen molar-refractivity contribution < 1.29 is 9.66 Å². The summed E-state index contributed by atoms with van der Waals surface area (Å²) in [5.41, 5.74) is 1.75. The molecule has 0 saturated heterocycles. The minimum absolute atomic E-state index is 0.0380. The lowest BCUT2D eigenvalue weighted by atomic mass is 10.0. The summed E-state index contributed by atoms with van der Waals surface area (Å²) in [6.45, 7) is 3.48. The molecule has 0 aliphatic carbocycles. The monoisotopic (exact) mass is 289 g/mol. The lowest BCUT2D eigenvalue weighted by molar-refractivity contribution is -0.384. The van der Waals surface area contributed by atoms with Gasteiger partial charge in [-0.3, -0.25) is 10.1 Å². The number of rotatable bonds is 5. The van der Waals surface area contributed by atoms with Gasteiger partial charge in [-0.05, 0) is 35.7 Å². The molecule has 0 atom stereocenters. The molecule has 0 aromatic heterocycles. The summed E-state index contributed by atoms with van der Waals surface area (Å²) in [5, 5.41) is 11.3. The molecule has 0 saturated carbocycles. The Kier molecular flexibility index (Phi) is 4.38. The molecular formula is C15H12ClNO3. The number of nitro groups is 1. The summed E-state index contributed by atoms with van der Waals surface area (Å²) in [5.74, 6) is 0.689. The first-order chi connectivity index (χ1) is 9.60. The molecular weight excluding hydrogens is 278 g/mol. The third kappa shape index (κ3) is 3.36. The average molecular weight is 290 g/mol. The summed E-state index contributed by atoms with van der Waals surface area (Å²) in [4.78, 5) is 10.3. The van der Waals surface area contributed by atoms with Crippen molar-refractivity contribution >= 4 is 17.3 Å². The topological polar surface area (TPSA) is 52.4 Å². The molecule has 0 spiro atoms. The van der Waals surface area contributed by atoms with Gasteiger partial charge in [0.1, 0.15) is 5.75 Å². The molecule has 102 valence electrons. The van der Waals surface area contributed by atoms with E-state index in [1.165, 1.54) is 18.4 Å². The van der Waals surface area contributed by atoms with Crippen LogP contribution >= 0.6 is 11.6 Å². The van der Waals surface area contributed by atoms with Crippen LogP contribution in [-0.4, -0.2) is 4.92 Å². The van der Waals surface area contributed by atoms with Crippen molar-refractivity contribution in [2.75, 3.05) is 0 Å². The Morgan fingerprint density at radius 2 is 1.95 bits per heavy atom. The molecule has 0 radical (unpaired) electrons. The number of hydrogen-bond donors (Lipinski definition) is 0. The number of nitrogens with zero attached hydrogens (tertiary/aromatic N) is 1. The molecule has 0 N–H and O–H groups in total. The predicted molar refractivity (Wildman–Crippen MR) is 78.2 cm³/mol. The van der Waals surface area contributed by atoms with E-state index in [4.69, 9.17) is 16.3 Å². The van der Waals surface area contributed by atoms with E-state index in [1.807, 2.05) is 24.3 Å². The van der Waals surface area contributed by atoms with Crippen molar-refractivity contribution in [1.82, 2.24) is 0 Å². The van der Waals surface area contributed by atoms with E-state index in [0.29, 0.717) is 17.2 Å². The van der Waals surface area contributed by atoms with Gasteiger partial charge in [0.2, 0.25) is 0 Å². The van der Waals surface area contributed by atoms with Gasteiger partial charge in [-0.2, -0.15) is 0 Å². The van der Waals surface area contributed by atoms with E-state index < -0.39 is 4.92 Å². The van der Waals surface area contributed by atoms with Gasteiger partial charge in [-0.25, -0.2) is 0 Å². The summed E-state index contributed by atoms with van der Waals surface area (Å²) in [6.07, 6.45) is 1.88. The zero-order chi connectivity index (χ0) is 14.5. The highest BCUT2D eigenvalue weighted by atomic mass is 35.5. The van der Waals surface area contributed by atoms with E-state index in [-0.39, 0.29) is 5.69 Å². The van der Waals surface area contributed by atoms with Crippen LogP contribution in [0.25, 0.3) is 0 Å². The highest BCUT2D eigenvalue weighted by Crippen LogP contribution is 2.25. The van der Waals surface area contributed by atoms with Crippen LogP contribution in [-0.2, 0) is 6.42 Å². The van der Waals surface area contributed by atoms with Crippen molar-refractivity contribution in [2.45, 2.75) is 6.42 Å². The Labute approximate surface area is 121 Å². The van der Waals surface area contributed by atoms with E-state index in [1.54, 1.807) is 6.07 Å². The first kappa shape index (κ1) is 14.1. The zero-order valence-corrected chi connectivity index (χ0v) is 11.3. The summed E-state index contributed by atoms with van der Waals surface area (Å²) < 4.78 is 5.13. The molecule has 0 amide bonds. The van der Waals surface area contributed by atoms with E-state index >= 15 is 0 Å². The van der Waals surface area contributed by atoms with Gasteiger partial charge in [0.15, 0.2) is 0 Å². The first-order valence-electron chi connectivity index (χ1n) is 5.89. The highest BCUT2D eigenvalue weighted by molar-refractivity contribution is 6.31. The van der Waals surface area contributed by atoms with Gasteiger partial charge < -0.3 is 4.74 Å². The lowest BCUT2D eigenvalue weighted by Crippen LogP contribution is -1.93. The smallest absolute Gasteiger partial charge is 0.269 e. The molecule has 0 aliphatic heterocycles. The van der Waals surface area contributed by atoms with Gasteiger partial charge in [0.25, 0.3) is 5.69 Å². The second kappa shape index (κ2) is 6.21. The Morgan fingerprint density at radius 1 is 1.25 bits per heavy atom. The lowest BCUT2D eigenvalue weighted by Gasteiger charge is -2.06. The van der Waals surface area contributed by atoms with E-state index in [2.05, 4.69) is 6.58 Å². The van der Waals surface area contributed by atoms with Crippen molar-refractivity contribution in [3.05, 3.63) is 81.6 Å². The normalized spacial score (nSPS) is 10.1. The van der Waals surface area contributed by atoms with Gasteiger partial charge in [-0.15, -0.1) is 0 Å². The Balaban J connectivity index is 2.22. The number of non-ortho nitro benzene ring substituents is 1. The maximum absolute atomic E-state index is 10.8.